The molecule has 1 unspecified atom stereocenters. The molecule has 1 aliphatic carbocycles. The van der Waals surface area contributed by atoms with Crippen molar-refractivity contribution in [2.24, 2.45) is 5.92 Å². The Kier molecular flexibility index (Phi) is 7.07. The number of hydrogen-bond acceptors (Lipinski definition) is 6. The van der Waals surface area contributed by atoms with Gasteiger partial charge in [-0.3, -0.25) is 4.57 Å². The highest BCUT2D eigenvalue weighted by atomic mass is 16.5. The molecule has 162 valence electrons. The molecule has 0 saturated heterocycles. The van der Waals surface area contributed by atoms with E-state index in [0.29, 0.717) is 19.8 Å². The quantitative estimate of drug-likeness (QED) is 0.601. The second-order valence-electron chi connectivity index (χ2n) is 7.97. The van der Waals surface area contributed by atoms with Gasteiger partial charge in [0.2, 0.25) is 5.95 Å². The van der Waals surface area contributed by atoms with E-state index in [1.807, 2.05) is 36.4 Å². The van der Waals surface area contributed by atoms with Crippen LogP contribution in [0.3, 0.4) is 0 Å². The van der Waals surface area contributed by atoms with Gasteiger partial charge in [0.15, 0.2) is 0 Å². The molecular formula is C24H28N4O3. The van der Waals surface area contributed by atoms with E-state index in [-0.39, 0.29) is 29.7 Å². The van der Waals surface area contributed by atoms with Gasteiger partial charge in [-0.15, -0.1) is 0 Å². The Morgan fingerprint density at radius 3 is 2.32 bits per heavy atom. The fraction of sp³-hybridized carbons (Fsp3) is 0.375. The second kappa shape index (κ2) is 10.3. The minimum atomic E-state index is -0.356. The Bertz CT molecular complexity index is 1010. The molecule has 0 spiro atoms. The number of rotatable bonds is 8. The second-order valence-corrected chi connectivity index (χ2v) is 7.97. The summed E-state index contributed by atoms with van der Waals surface area (Å²) in [5.74, 6) is 0.166. The zero-order valence-electron chi connectivity index (χ0n) is 17.5. The van der Waals surface area contributed by atoms with Crippen LogP contribution in [-0.2, 0) is 22.7 Å². The van der Waals surface area contributed by atoms with Crippen LogP contribution in [0.4, 0.5) is 5.95 Å². The summed E-state index contributed by atoms with van der Waals surface area (Å²) in [6, 6.07) is 20.3. The predicted octanol–water partition coefficient (Wildman–Crippen LogP) is 3.36. The maximum absolute atomic E-state index is 12.3. The normalized spacial score (nSPS) is 21.1. The van der Waals surface area contributed by atoms with Crippen molar-refractivity contribution in [2.75, 3.05) is 12.3 Å². The van der Waals surface area contributed by atoms with E-state index in [0.717, 1.165) is 30.4 Å². The molecule has 1 heterocycles. The third kappa shape index (κ3) is 5.77. The molecule has 31 heavy (non-hydrogen) atoms. The van der Waals surface area contributed by atoms with Crippen LogP contribution in [-0.4, -0.2) is 27.2 Å². The van der Waals surface area contributed by atoms with Gasteiger partial charge in [-0.25, -0.2) is 9.78 Å². The summed E-state index contributed by atoms with van der Waals surface area (Å²) in [5.41, 5.74) is 7.48. The Labute approximate surface area is 181 Å². The molecule has 1 aliphatic rings. The first-order valence-electron chi connectivity index (χ1n) is 10.7. The highest BCUT2D eigenvalue weighted by molar-refractivity contribution is 5.14. The van der Waals surface area contributed by atoms with Crippen molar-refractivity contribution < 1.29 is 9.47 Å². The molecular weight excluding hydrogens is 392 g/mol. The van der Waals surface area contributed by atoms with E-state index in [4.69, 9.17) is 15.2 Å². The number of nitrogens with zero attached hydrogens (tertiary/aromatic N) is 3. The first-order valence-corrected chi connectivity index (χ1v) is 10.7. The maximum atomic E-state index is 12.3. The molecule has 0 bridgehead atoms. The Morgan fingerprint density at radius 2 is 1.65 bits per heavy atom. The SMILES string of the molecule is Nc1ncn([C@H]2CCC(OCc3ccccc3)[C@@H](COCc3ccccc3)C2)c(=O)n1. The average Bonchev–Trinajstić information content (AvgIpc) is 2.80. The van der Waals surface area contributed by atoms with Crippen molar-refractivity contribution in [1.82, 2.24) is 14.5 Å². The number of benzene rings is 2. The van der Waals surface area contributed by atoms with E-state index in [9.17, 15) is 4.79 Å². The van der Waals surface area contributed by atoms with Gasteiger partial charge in [0.1, 0.15) is 6.33 Å². The van der Waals surface area contributed by atoms with Crippen LogP contribution < -0.4 is 11.4 Å². The topological polar surface area (TPSA) is 92.3 Å². The molecule has 2 N–H and O–H groups in total. The summed E-state index contributed by atoms with van der Waals surface area (Å²) in [5, 5.41) is 0. The van der Waals surface area contributed by atoms with Crippen LogP contribution >= 0.6 is 0 Å². The monoisotopic (exact) mass is 420 g/mol. The minimum Gasteiger partial charge on any atom is -0.376 e. The number of ether oxygens (including phenoxy) is 2. The van der Waals surface area contributed by atoms with Crippen LogP contribution in [0.2, 0.25) is 0 Å². The van der Waals surface area contributed by atoms with Gasteiger partial charge in [-0.05, 0) is 30.4 Å². The number of nitrogen functional groups attached to an aromatic ring is 1. The van der Waals surface area contributed by atoms with Gasteiger partial charge >= 0.3 is 5.69 Å². The van der Waals surface area contributed by atoms with Gasteiger partial charge < -0.3 is 15.2 Å². The van der Waals surface area contributed by atoms with Crippen LogP contribution in [0.5, 0.6) is 0 Å². The van der Waals surface area contributed by atoms with E-state index in [1.54, 1.807) is 4.57 Å². The summed E-state index contributed by atoms with van der Waals surface area (Å²) in [6.07, 6.45) is 4.00. The molecule has 1 saturated carbocycles. The van der Waals surface area contributed by atoms with Crippen LogP contribution in [0.25, 0.3) is 0 Å². The molecule has 3 aromatic rings. The lowest BCUT2D eigenvalue weighted by atomic mass is 9.83. The molecule has 4 rings (SSSR count). The van der Waals surface area contributed by atoms with Crippen molar-refractivity contribution in [3.8, 4) is 0 Å². The molecule has 0 aliphatic heterocycles. The first kappa shape index (κ1) is 21.2. The highest BCUT2D eigenvalue weighted by Gasteiger charge is 2.33. The van der Waals surface area contributed by atoms with E-state index >= 15 is 0 Å². The van der Waals surface area contributed by atoms with Crippen molar-refractivity contribution in [3.63, 3.8) is 0 Å². The van der Waals surface area contributed by atoms with Crippen molar-refractivity contribution in [2.45, 2.75) is 44.6 Å². The lowest BCUT2D eigenvalue weighted by molar-refractivity contribution is -0.0623. The van der Waals surface area contributed by atoms with Crippen molar-refractivity contribution >= 4 is 5.95 Å². The molecule has 2 aromatic carbocycles. The number of aromatic nitrogens is 3. The minimum absolute atomic E-state index is 0.00359. The third-order valence-electron chi connectivity index (χ3n) is 5.77. The molecule has 0 radical (unpaired) electrons. The standard InChI is InChI=1S/C24H28N4O3/c25-23-26-17-28(24(29)27-23)21-11-12-22(31-15-19-9-5-2-6-10-19)20(13-21)16-30-14-18-7-3-1-4-8-18/h1-10,17,20-22H,11-16H2,(H2,25,27,29)/t20-,21+,22?/m1/s1. The maximum Gasteiger partial charge on any atom is 0.352 e. The third-order valence-corrected chi connectivity index (χ3v) is 5.77. The molecule has 7 heteroatoms. The first-order chi connectivity index (χ1) is 15.2. The lowest BCUT2D eigenvalue weighted by Gasteiger charge is -2.36. The smallest absolute Gasteiger partial charge is 0.352 e. The van der Waals surface area contributed by atoms with E-state index in [2.05, 4.69) is 34.2 Å². The molecule has 1 fully saturated rings. The summed E-state index contributed by atoms with van der Waals surface area (Å²) in [7, 11) is 0. The van der Waals surface area contributed by atoms with Gasteiger partial charge in [0, 0.05) is 12.0 Å². The number of hydrogen-bond donors (Lipinski definition) is 1. The van der Waals surface area contributed by atoms with Gasteiger partial charge in [0.05, 0.1) is 25.9 Å². The molecule has 0 amide bonds. The fourth-order valence-electron chi connectivity index (χ4n) is 4.14. The molecule has 3 atom stereocenters. The average molecular weight is 421 g/mol. The molecule has 1 aromatic heterocycles. The summed E-state index contributed by atoms with van der Waals surface area (Å²) in [6.45, 7) is 1.68. The number of nitrogens with two attached hydrogens (primary N) is 1. The van der Waals surface area contributed by atoms with Crippen LogP contribution in [0.15, 0.2) is 71.8 Å². The van der Waals surface area contributed by atoms with Gasteiger partial charge in [-0.2, -0.15) is 4.98 Å². The summed E-state index contributed by atoms with van der Waals surface area (Å²) >= 11 is 0. The summed E-state index contributed by atoms with van der Waals surface area (Å²) < 4.78 is 13.9. The Balaban J connectivity index is 1.43. The number of anilines is 1. The van der Waals surface area contributed by atoms with Crippen LogP contribution in [0.1, 0.15) is 36.4 Å². The predicted molar refractivity (Wildman–Crippen MR) is 118 cm³/mol. The van der Waals surface area contributed by atoms with Crippen molar-refractivity contribution in [1.29, 1.82) is 0 Å². The van der Waals surface area contributed by atoms with Gasteiger partial charge in [0.25, 0.3) is 0 Å². The molecule has 7 nitrogen and oxygen atoms in total. The van der Waals surface area contributed by atoms with Gasteiger partial charge in [-0.1, -0.05) is 60.7 Å². The summed E-state index contributed by atoms with van der Waals surface area (Å²) in [4.78, 5) is 20.1. The van der Waals surface area contributed by atoms with Crippen molar-refractivity contribution in [3.05, 3.63) is 88.6 Å². The zero-order valence-corrected chi connectivity index (χ0v) is 17.5. The zero-order chi connectivity index (χ0) is 21.5. The van der Waals surface area contributed by atoms with E-state index in [1.165, 1.54) is 6.33 Å². The Morgan fingerprint density at radius 1 is 0.968 bits per heavy atom. The largest absolute Gasteiger partial charge is 0.376 e. The highest BCUT2D eigenvalue weighted by Crippen LogP contribution is 2.34. The Hall–Kier alpha value is -3.03. The van der Waals surface area contributed by atoms with Crippen LogP contribution in [0, 0.1) is 5.92 Å². The lowest BCUT2D eigenvalue weighted by Crippen LogP contribution is -2.38. The van der Waals surface area contributed by atoms with E-state index < -0.39 is 0 Å². The fourth-order valence-corrected chi connectivity index (χ4v) is 4.14.